The van der Waals surface area contributed by atoms with Gasteiger partial charge in [-0.15, -0.1) is 0 Å². The van der Waals surface area contributed by atoms with Crippen molar-refractivity contribution in [2.45, 2.75) is 135 Å². The molecule has 3 unspecified atom stereocenters. The maximum Gasteiger partial charge on any atom is 0.420 e. The molecule has 2 aliphatic heterocycles. The Morgan fingerprint density at radius 1 is 0.815 bits per heavy atom. The fraction of sp³-hybridized carbons (Fsp3) is 0.469. The Balaban J connectivity index is 0.000000153. The van der Waals surface area contributed by atoms with E-state index >= 15 is 0 Å². The molecule has 0 bridgehead atoms. The van der Waals surface area contributed by atoms with Gasteiger partial charge in [-0.1, -0.05) is 10.3 Å². The summed E-state index contributed by atoms with van der Waals surface area (Å²) in [6.45, 7) is 14.2. The number of imidazole rings is 2. The highest BCUT2D eigenvalue weighted by Crippen LogP contribution is 2.46. The summed E-state index contributed by atoms with van der Waals surface area (Å²) in [5.74, 6) is 3.51. The Bertz CT molecular complexity index is 2900. The molecule has 2 aromatic carbocycles. The quantitative estimate of drug-likeness (QED) is 0.130. The number of aryl methyl sites for hydroxylation is 4. The summed E-state index contributed by atoms with van der Waals surface area (Å²) in [4.78, 5) is 40.1. The highest BCUT2D eigenvalue weighted by molar-refractivity contribution is 6.11. The summed E-state index contributed by atoms with van der Waals surface area (Å²) < 4.78 is 29.8. The molecule has 0 amide bonds. The molecule has 11 rings (SSSR count). The Labute approximate surface area is 375 Å². The lowest BCUT2D eigenvalue weighted by Crippen LogP contribution is -2.41. The number of carbonyl (C=O) groups excluding carboxylic acids is 2. The number of rotatable bonds is 9. The van der Waals surface area contributed by atoms with Crippen LogP contribution in [0.1, 0.15) is 140 Å². The number of nitrogens with zero attached hydrogens (tertiary/aromatic N) is 7. The average Bonchev–Trinajstić information content (AvgIpc) is 3.82. The van der Waals surface area contributed by atoms with Crippen LogP contribution in [-0.4, -0.2) is 88.0 Å². The van der Waals surface area contributed by atoms with Crippen LogP contribution < -0.4 is 0 Å². The van der Waals surface area contributed by atoms with Crippen molar-refractivity contribution in [3.05, 3.63) is 94.0 Å². The number of nitrogens with one attached hydrogen (secondary N) is 1. The predicted octanol–water partition coefficient (Wildman–Crippen LogP) is 9.25. The van der Waals surface area contributed by atoms with Gasteiger partial charge in [-0.05, 0) is 147 Å². The van der Waals surface area contributed by atoms with Crippen LogP contribution in [-0.2, 0) is 19.8 Å². The van der Waals surface area contributed by atoms with Gasteiger partial charge in [-0.3, -0.25) is 4.79 Å². The molecule has 7 heterocycles. The number of H-pyrrole nitrogens is 1. The molecular formula is C49H54N8O8. The second-order valence-corrected chi connectivity index (χ2v) is 18.9. The van der Waals surface area contributed by atoms with Gasteiger partial charge in [0.25, 0.3) is 0 Å². The number of Topliss-reactive ketones (excluding diaryl/α,β-unsaturated/α-hetero) is 1. The number of aromatic nitrogens is 8. The summed E-state index contributed by atoms with van der Waals surface area (Å²) in [5.41, 5.74) is 7.03. The van der Waals surface area contributed by atoms with Crippen molar-refractivity contribution >= 4 is 33.9 Å². The van der Waals surface area contributed by atoms with E-state index in [9.17, 15) is 14.7 Å². The number of fused-ring (bicyclic) bond motifs is 2. The maximum atomic E-state index is 13.5. The zero-order valence-corrected chi connectivity index (χ0v) is 37.9. The van der Waals surface area contributed by atoms with Gasteiger partial charge in [0.2, 0.25) is 0 Å². The van der Waals surface area contributed by atoms with E-state index in [1.807, 2.05) is 66.7 Å². The molecule has 2 N–H and O–H groups in total. The number of carbonyl (C=O) groups is 2. The zero-order valence-electron chi connectivity index (χ0n) is 37.9. The van der Waals surface area contributed by atoms with Gasteiger partial charge in [0, 0.05) is 53.5 Å². The normalized spacial score (nSPS) is 19.7. The molecule has 65 heavy (non-hydrogen) atoms. The first-order valence-corrected chi connectivity index (χ1v) is 22.7. The molecule has 2 aliphatic carbocycles. The Morgan fingerprint density at radius 3 is 2.06 bits per heavy atom. The first kappa shape index (κ1) is 42.8. The standard InChI is InChI=1S/C25H29N3O5.C24H25N5O3/c1-13-20(14(2)33-27-13)16-11-17(22(29)19-7-6-10-31-19)21-18(12-16)28(23(26-21)15-8-9-15)24(30)32-25(3,4)5;1-13-21(14(2)32-29-13)16-11-17(22-18(12-16)26-23(27-22)15-7-8-15)24(30,20-6-4-10-31-20)19-5-3-9-25-28-19/h11-12,15,19H,6-10H2,1-5H3;3,5,9,11-12,15,20,30H,4,6-8,10H2,1-2H3,(H,26,27). The van der Waals surface area contributed by atoms with Crippen molar-refractivity contribution in [3.63, 3.8) is 0 Å². The molecule has 7 aromatic rings. The largest absolute Gasteiger partial charge is 0.443 e. The molecule has 2 saturated heterocycles. The first-order valence-electron chi connectivity index (χ1n) is 22.7. The zero-order chi connectivity index (χ0) is 45.4. The summed E-state index contributed by atoms with van der Waals surface area (Å²) in [6, 6.07) is 11.4. The SMILES string of the molecule is Cc1noc(C)c1-c1cc(C(=O)C2CCCO2)c2nc(C3CC3)n(C(=O)OC(C)(C)C)c2c1.Cc1noc(C)c1-c1cc(C(O)(c2cccnn2)C2CCCO2)c2nc(C3CC3)[nH]c2c1. The fourth-order valence-corrected chi connectivity index (χ4v) is 9.40. The number of hydrogen-bond donors (Lipinski definition) is 2. The van der Waals surface area contributed by atoms with Crippen LogP contribution in [0.4, 0.5) is 4.79 Å². The first-order chi connectivity index (χ1) is 31.2. The molecule has 5 aromatic heterocycles. The van der Waals surface area contributed by atoms with Crippen molar-refractivity contribution in [2.75, 3.05) is 13.2 Å². The Morgan fingerprint density at radius 2 is 1.49 bits per heavy atom. The van der Waals surface area contributed by atoms with Crippen LogP contribution in [0.5, 0.6) is 0 Å². The van der Waals surface area contributed by atoms with Crippen LogP contribution in [0.3, 0.4) is 0 Å². The van der Waals surface area contributed by atoms with E-state index in [1.165, 1.54) is 0 Å². The molecule has 0 spiro atoms. The van der Waals surface area contributed by atoms with Gasteiger partial charge in [0.1, 0.15) is 46.1 Å². The Kier molecular flexibility index (Phi) is 10.8. The summed E-state index contributed by atoms with van der Waals surface area (Å²) in [6.07, 6.45) is 7.49. The average molecular weight is 883 g/mol. The second kappa shape index (κ2) is 16.4. The van der Waals surface area contributed by atoms with Crippen LogP contribution in [0, 0.1) is 27.7 Å². The molecule has 0 radical (unpaired) electrons. The topological polar surface area (TPSA) is 206 Å². The fourth-order valence-electron chi connectivity index (χ4n) is 9.40. The summed E-state index contributed by atoms with van der Waals surface area (Å²) in [5, 5.41) is 28.9. The van der Waals surface area contributed by atoms with Crippen molar-refractivity contribution < 1.29 is 38.0 Å². The lowest BCUT2D eigenvalue weighted by atomic mass is 9.81. The minimum Gasteiger partial charge on any atom is -0.443 e. The number of ether oxygens (including phenoxy) is 3. The van der Waals surface area contributed by atoms with Gasteiger partial charge in [-0.2, -0.15) is 10.2 Å². The molecule has 4 fully saturated rings. The summed E-state index contributed by atoms with van der Waals surface area (Å²) >= 11 is 0. The van der Waals surface area contributed by atoms with Crippen molar-refractivity contribution in [3.8, 4) is 22.3 Å². The minimum absolute atomic E-state index is 0.109. The molecular weight excluding hydrogens is 829 g/mol. The number of ketones is 1. The van der Waals surface area contributed by atoms with Gasteiger partial charge >= 0.3 is 6.09 Å². The lowest BCUT2D eigenvalue weighted by molar-refractivity contribution is -0.0641. The number of hydrogen-bond acceptors (Lipinski definition) is 14. The molecule has 4 aliphatic rings. The Hall–Kier alpha value is -6.10. The number of aliphatic hydroxyl groups is 1. The van der Waals surface area contributed by atoms with Gasteiger partial charge < -0.3 is 33.3 Å². The highest BCUT2D eigenvalue weighted by Gasteiger charge is 2.47. The van der Waals surface area contributed by atoms with E-state index in [0.29, 0.717) is 70.7 Å². The van der Waals surface area contributed by atoms with Gasteiger partial charge in [-0.25, -0.2) is 19.3 Å². The second-order valence-electron chi connectivity index (χ2n) is 18.9. The third-order valence-electron chi connectivity index (χ3n) is 12.8. The smallest absolute Gasteiger partial charge is 0.420 e. The summed E-state index contributed by atoms with van der Waals surface area (Å²) in [7, 11) is 0. The maximum absolute atomic E-state index is 13.5. The molecule has 16 nitrogen and oxygen atoms in total. The molecule has 16 heteroatoms. The van der Waals surface area contributed by atoms with E-state index in [4.69, 9.17) is 33.2 Å². The lowest BCUT2D eigenvalue weighted by Gasteiger charge is -2.33. The monoisotopic (exact) mass is 882 g/mol. The van der Waals surface area contributed by atoms with E-state index in [1.54, 1.807) is 22.9 Å². The van der Waals surface area contributed by atoms with E-state index in [2.05, 4.69) is 31.6 Å². The third kappa shape index (κ3) is 7.95. The predicted molar refractivity (Wildman–Crippen MR) is 239 cm³/mol. The number of aromatic amines is 1. The van der Waals surface area contributed by atoms with E-state index in [0.717, 1.165) is 95.5 Å². The highest BCUT2D eigenvalue weighted by atomic mass is 16.6. The van der Waals surface area contributed by atoms with Gasteiger partial charge in [0.15, 0.2) is 11.4 Å². The van der Waals surface area contributed by atoms with Crippen LogP contribution in [0.2, 0.25) is 0 Å². The van der Waals surface area contributed by atoms with E-state index < -0.39 is 29.5 Å². The van der Waals surface area contributed by atoms with Crippen LogP contribution in [0.15, 0.2) is 51.6 Å². The molecule has 2 saturated carbocycles. The third-order valence-corrected chi connectivity index (χ3v) is 12.8. The van der Waals surface area contributed by atoms with Crippen LogP contribution >= 0.6 is 0 Å². The molecule has 338 valence electrons. The van der Waals surface area contributed by atoms with Crippen molar-refractivity contribution in [1.82, 2.24) is 40.0 Å². The minimum atomic E-state index is -1.49. The van der Waals surface area contributed by atoms with E-state index in [-0.39, 0.29) is 11.7 Å². The van der Waals surface area contributed by atoms with Gasteiger partial charge in [0.05, 0.1) is 34.0 Å². The molecule has 3 atom stereocenters. The van der Waals surface area contributed by atoms with Crippen LogP contribution in [0.25, 0.3) is 44.3 Å². The van der Waals surface area contributed by atoms with Crippen molar-refractivity contribution in [1.29, 1.82) is 0 Å². The van der Waals surface area contributed by atoms with Crippen molar-refractivity contribution in [2.24, 2.45) is 0 Å². The number of benzene rings is 2.